The van der Waals surface area contributed by atoms with Crippen LogP contribution < -0.4 is 0 Å². The Hall–Kier alpha value is -1.98. The predicted octanol–water partition coefficient (Wildman–Crippen LogP) is 3.51. The van der Waals surface area contributed by atoms with Crippen LogP contribution in [0.4, 0.5) is 0 Å². The molecule has 0 fully saturated rings. The van der Waals surface area contributed by atoms with Gasteiger partial charge >= 0.3 is 0 Å². The number of nitrogens with zero attached hydrogens (tertiary/aromatic N) is 1. The first kappa shape index (κ1) is 11.5. The molecular weight excluding hydrogens is 234 g/mol. The minimum Gasteiger partial charge on any atom is -0.506 e. The Morgan fingerprint density at radius 2 is 1.88 bits per heavy atom. The Labute approximate surface area is 105 Å². The van der Waals surface area contributed by atoms with Gasteiger partial charge in [-0.25, -0.2) is 0 Å². The third kappa shape index (κ3) is 2.77. The van der Waals surface area contributed by atoms with Gasteiger partial charge in [0.2, 0.25) is 0 Å². The van der Waals surface area contributed by atoms with E-state index in [-0.39, 0.29) is 5.75 Å². The van der Waals surface area contributed by atoms with Crippen molar-refractivity contribution in [2.24, 2.45) is 0 Å². The number of phenolic OH excluding ortho intramolecular Hbond substituents is 1. The van der Waals surface area contributed by atoms with E-state index in [0.717, 1.165) is 11.1 Å². The molecule has 3 heteroatoms. The van der Waals surface area contributed by atoms with Gasteiger partial charge in [0.15, 0.2) is 0 Å². The highest BCUT2D eigenvalue weighted by Crippen LogP contribution is 2.24. The summed E-state index contributed by atoms with van der Waals surface area (Å²) in [5.74, 6) is 0.0844. The first-order chi connectivity index (χ1) is 8.19. The van der Waals surface area contributed by atoms with E-state index in [2.05, 4.69) is 6.07 Å². The van der Waals surface area contributed by atoms with Crippen LogP contribution in [0.1, 0.15) is 16.7 Å². The zero-order valence-electron chi connectivity index (χ0n) is 9.02. The topological polar surface area (TPSA) is 44.0 Å². The lowest BCUT2D eigenvalue weighted by Crippen LogP contribution is -1.89. The van der Waals surface area contributed by atoms with Gasteiger partial charge in [0, 0.05) is 0 Å². The van der Waals surface area contributed by atoms with Crippen molar-refractivity contribution in [3.63, 3.8) is 0 Å². The van der Waals surface area contributed by atoms with E-state index in [1.165, 1.54) is 0 Å². The molecule has 0 amide bonds. The number of halogens is 1. The van der Waals surface area contributed by atoms with Gasteiger partial charge in [0.05, 0.1) is 16.7 Å². The molecule has 0 atom stereocenters. The van der Waals surface area contributed by atoms with Crippen molar-refractivity contribution in [3.8, 4) is 11.8 Å². The van der Waals surface area contributed by atoms with Crippen LogP contribution in [-0.2, 0) is 6.42 Å². The molecule has 2 aromatic rings. The Kier molecular flexibility index (Phi) is 3.32. The maximum absolute atomic E-state index is 9.32. The van der Waals surface area contributed by atoms with Gasteiger partial charge in [-0.1, -0.05) is 29.8 Å². The van der Waals surface area contributed by atoms with E-state index < -0.39 is 0 Å². The highest BCUT2D eigenvalue weighted by Gasteiger charge is 2.02. The number of nitriles is 1. The molecule has 0 aliphatic rings. The quantitative estimate of drug-likeness (QED) is 0.877. The summed E-state index contributed by atoms with van der Waals surface area (Å²) in [6, 6.07) is 14.7. The normalized spacial score (nSPS) is 9.88. The molecule has 84 valence electrons. The molecule has 0 radical (unpaired) electrons. The number of rotatable bonds is 2. The lowest BCUT2D eigenvalue weighted by atomic mass is 10.0. The van der Waals surface area contributed by atoms with Crippen molar-refractivity contribution in [2.45, 2.75) is 6.42 Å². The molecule has 0 aromatic heterocycles. The largest absolute Gasteiger partial charge is 0.506 e. The first-order valence-electron chi connectivity index (χ1n) is 5.15. The third-order valence-electron chi connectivity index (χ3n) is 2.48. The van der Waals surface area contributed by atoms with Crippen LogP contribution in [0.5, 0.6) is 5.75 Å². The number of aromatic hydroxyl groups is 1. The van der Waals surface area contributed by atoms with Crippen molar-refractivity contribution in [1.29, 1.82) is 5.26 Å². The third-order valence-corrected chi connectivity index (χ3v) is 2.78. The fourth-order valence-corrected chi connectivity index (χ4v) is 1.85. The molecule has 2 aromatic carbocycles. The summed E-state index contributed by atoms with van der Waals surface area (Å²) in [5.41, 5.74) is 2.70. The molecule has 2 nitrogen and oxygen atoms in total. The highest BCUT2D eigenvalue weighted by atomic mass is 35.5. The molecule has 0 heterocycles. The van der Waals surface area contributed by atoms with Gasteiger partial charge < -0.3 is 5.11 Å². The van der Waals surface area contributed by atoms with Gasteiger partial charge in [0.25, 0.3) is 0 Å². The van der Waals surface area contributed by atoms with Gasteiger partial charge in [0.1, 0.15) is 5.75 Å². The Morgan fingerprint density at radius 1 is 1.12 bits per heavy atom. The summed E-state index contributed by atoms with van der Waals surface area (Å²) in [6.45, 7) is 0. The number of benzene rings is 2. The molecule has 0 spiro atoms. The lowest BCUT2D eigenvalue weighted by Gasteiger charge is -2.04. The fourth-order valence-electron chi connectivity index (χ4n) is 1.65. The summed E-state index contributed by atoms with van der Waals surface area (Å²) in [6.07, 6.45) is 0.690. The molecule has 0 bridgehead atoms. The average Bonchev–Trinajstić information content (AvgIpc) is 2.34. The van der Waals surface area contributed by atoms with E-state index >= 15 is 0 Å². The van der Waals surface area contributed by atoms with Gasteiger partial charge in [-0.05, 0) is 41.8 Å². The minimum atomic E-state index is 0.0844. The predicted molar refractivity (Wildman–Crippen MR) is 67.1 cm³/mol. The van der Waals surface area contributed by atoms with Crippen LogP contribution in [0.15, 0.2) is 42.5 Å². The SMILES string of the molecule is N#Cc1cccc(Cc2ccc(O)c(Cl)c2)c1. The second-order valence-electron chi connectivity index (χ2n) is 3.77. The summed E-state index contributed by atoms with van der Waals surface area (Å²) in [4.78, 5) is 0. The zero-order valence-corrected chi connectivity index (χ0v) is 9.78. The van der Waals surface area contributed by atoms with Crippen LogP contribution in [0.3, 0.4) is 0 Å². The minimum absolute atomic E-state index is 0.0844. The van der Waals surface area contributed by atoms with E-state index in [1.54, 1.807) is 18.2 Å². The Balaban J connectivity index is 2.25. The maximum atomic E-state index is 9.32. The van der Waals surface area contributed by atoms with Gasteiger partial charge in [-0.15, -0.1) is 0 Å². The van der Waals surface area contributed by atoms with Crippen LogP contribution in [0.2, 0.25) is 5.02 Å². The average molecular weight is 244 g/mol. The van der Waals surface area contributed by atoms with Crippen molar-refractivity contribution in [1.82, 2.24) is 0 Å². The number of phenols is 1. The van der Waals surface area contributed by atoms with Crippen LogP contribution in [-0.4, -0.2) is 5.11 Å². The summed E-state index contributed by atoms with van der Waals surface area (Å²) < 4.78 is 0. The molecule has 0 saturated heterocycles. The van der Waals surface area contributed by atoms with Crippen molar-refractivity contribution in [2.75, 3.05) is 0 Å². The maximum Gasteiger partial charge on any atom is 0.134 e. The standard InChI is InChI=1S/C14H10ClNO/c15-13-8-11(4-5-14(13)17)6-10-2-1-3-12(7-10)9-16/h1-5,7-8,17H,6H2. The van der Waals surface area contributed by atoms with Crippen LogP contribution >= 0.6 is 11.6 Å². The number of hydrogen-bond acceptors (Lipinski definition) is 2. The van der Waals surface area contributed by atoms with E-state index in [1.807, 2.05) is 24.3 Å². The van der Waals surface area contributed by atoms with Gasteiger partial charge in [-0.2, -0.15) is 5.26 Å². The van der Waals surface area contributed by atoms with E-state index in [9.17, 15) is 5.11 Å². The summed E-state index contributed by atoms with van der Waals surface area (Å²) in [5, 5.41) is 18.5. The van der Waals surface area contributed by atoms with Crippen molar-refractivity contribution < 1.29 is 5.11 Å². The second-order valence-corrected chi connectivity index (χ2v) is 4.18. The number of hydrogen-bond donors (Lipinski definition) is 1. The van der Waals surface area contributed by atoms with Crippen LogP contribution in [0, 0.1) is 11.3 Å². The zero-order chi connectivity index (χ0) is 12.3. The lowest BCUT2D eigenvalue weighted by molar-refractivity contribution is 0.475. The molecular formula is C14H10ClNO. The highest BCUT2D eigenvalue weighted by molar-refractivity contribution is 6.32. The van der Waals surface area contributed by atoms with E-state index in [4.69, 9.17) is 16.9 Å². The first-order valence-corrected chi connectivity index (χ1v) is 5.53. The molecule has 0 aliphatic carbocycles. The summed E-state index contributed by atoms with van der Waals surface area (Å²) in [7, 11) is 0. The Bertz CT molecular complexity index is 587. The molecule has 17 heavy (non-hydrogen) atoms. The second kappa shape index (κ2) is 4.90. The monoisotopic (exact) mass is 243 g/mol. The molecule has 0 aliphatic heterocycles. The summed E-state index contributed by atoms with van der Waals surface area (Å²) >= 11 is 5.84. The van der Waals surface area contributed by atoms with Crippen LogP contribution in [0.25, 0.3) is 0 Å². The smallest absolute Gasteiger partial charge is 0.134 e. The van der Waals surface area contributed by atoms with Crippen molar-refractivity contribution in [3.05, 3.63) is 64.2 Å². The molecule has 0 saturated carbocycles. The van der Waals surface area contributed by atoms with Gasteiger partial charge in [-0.3, -0.25) is 0 Å². The molecule has 0 unspecified atom stereocenters. The van der Waals surface area contributed by atoms with Crippen molar-refractivity contribution >= 4 is 11.6 Å². The fraction of sp³-hybridized carbons (Fsp3) is 0.0714. The Morgan fingerprint density at radius 3 is 2.59 bits per heavy atom. The molecule has 2 rings (SSSR count). The van der Waals surface area contributed by atoms with E-state index in [0.29, 0.717) is 17.0 Å². The molecule has 1 N–H and O–H groups in total.